The van der Waals surface area contributed by atoms with Crippen molar-refractivity contribution < 1.29 is 14.1 Å². The van der Waals surface area contributed by atoms with Crippen LogP contribution in [-0.4, -0.2) is 20.6 Å². The number of benzene rings is 2. The first-order chi connectivity index (χ1) is 12.0. The van der Waals surface area contributed by atoms with Crippen molar-refractivity contribution in [2.45, 2.75) is 6.54 Å². The molecule has 1 N–H and O–H groups in total. The topological polar surface area (TPSA) is 90.1 Å². The van der Waals surface area contributed by atoms with Gasteiger partial charge in [0.2, 0.25) is 0 Å². The molecule has 3 aromatic rings. The lowest BCUT2D eigenvalue weighted by molar-refractivity contribution is -0.385. The quantitative estimate of drug-likeness (QED) is 0.570. The predicted molar refractivity (Wildman–Crippen MR) is 88.8 cm³/mol. The third kappa shape index (κ3) is 3.86. The fourth-order valence-electron chi connectivity index (χ4n) is 2.36. The number of anilines is 1. The Morgan fingerprint density at radius 1 is 1.24 bits per heavy atom. The zero-order chi connectivity index (χ0) is 17.8. The third-order valence-corrected chi connectivity index (χ3v) is 3.47. The summed E-state index contributed by atoms with van der Waals surface area (Å²) in [6.45, 7) is 0.332. The van der Waals surface area contributed by atoms with E-state index >= 15 is 0 Å². The van der Waals surface area contributed by atoms with Crippen molar-refractivity contribution in [2.75, 3.05) is 5.32 Å². The monoisotopic (exact) mass is 340 g/mol. The van der Waals surface area contributed by atoms with Crippen molar-refractivity contribution in [3.05, 3.63) is 88.0 Å². The normalized spacial score (nSPS) is 10.4. The number of carbonyl (C=O) groups excluding carboxylic acids is 1. The van der Waals surface area contributed by atoms with Gasteiger partial charge in [0.1, 0.15) is 11.4 Å². The zero-order valence-corrected chi connectivity index (χ0v) is 12.9. The molecule has 0 unspecified atom stereocenters. The van der Waals surface area contributed by atoms with Crippen molar-refractivity contribution in [1.82, 2.24) is 9.78 Å². The average molecular weight is 340 g/mol. The maximum Gasteiger partial charge on any atom is 0.282 e. The van der Waals surface area contributed by atoms with Gasteiger partial charge in [-0.1, -0.05) is 24.3 Å². The van der Waals surface area contributed by atoms with Crippen molar-refractivity contribution in [2.24, 2.45) is 0 Å². The first-order valence-electron chi connectivity index (χ1n) is 7.34. The number of para-hydroxylation sites is 1. The molecule has 2 aromatic carbocycles. The van der Waals surface area contributed by atoms with Crippen LogP contribution in [0.2, 0.25) is 0 Å². The molecule has 0 atom stereocenters. The number of nitro benzene ring substituents is 1. The molecule has 8 heteroatoms. The Kier molecular flexibility index (Phi) is 4.51. The molecule has 0 aliphatic carbocycles. The van der Waals surface area contributed by atoms with Crippen LogP contribution in [0.15, 0.2) is 60.9 Å². The van der Waals surface area contributed by atoms with Gasteiger partial charge >= 0.3 is 0 Å². The summed E-state index contributed by atoms with van der Waals surface area (Å²) in [7, 11) is 0. The molecule has 0 aliphatic rings. The molecule has 126 valence electrons. The van der Waals surface area contributed by atoms with E-state index in [0.29, 0.717) is 12.2 Å². The molecular formula is C17H13FN4O3. The highest BCUT2D eigenvalue weighted by molar-refractivity contribution is 6.06. The number of nitro groups is 1. The SMILES string of the molecule is O=C(Nc1cnn(Cc2cccc(F)c2)c1)c1ccccc1[N+](=O)[O-]. The molecule has 0 bridgehead atoms. The Labute approximate surface area is 141 Å². The number of hydrogen-bond donors (Lipinski definition) is 1. The molecule has 0 radical (unpaired) electrons. The minimum atomic E-state index is -0.609. The first-order valence-corrected chi connectivity index (χ1v) is 7.34. The summed E-state index contributed by atoms with van der Waals surface area (Å²) < 4.78 is 14.7. The molecule has 1 aromatic heterocycles. The fraction of sp³-hybridized carbons (Fsp3) is 0.0588. The van der Waals surface area contributed by atoms with Gasteiger partial charge in [0.05, 0.1) is 23.4 Å². The Balaban J connectivity index is 1.73. The number of halogens is 1. The van der Waals surface area contributed by atoms with Gasteiger partial charge in [0, 0.05) is 12.3 Å². The number of amides is 1. The van der Waals surface area contributed by atoms with Crippen molar-refractivity contribution >= 4 is 17.3 Å². The largest absolute Gasteiger partial charge is 0.319 e. The fourth-order valence-corrected chi connectivity index (χ4v) is 2.36. The Morgan fingerprint density at radius 3 is 2.80 bits per heavy atom. The van der Waals surface area contributed by atoms with E-state index in [4.69, 9.17) is 0 Å². The molecule has 3 rings (SSSR count). The van der Waals surface area contributed by atoms with Gasteiger partial charge < -0.3 is 5.32 Å². The highest BCUT2D eigenvalue weighted by atomic mass is 19.1. The Hall–Kier alpha value is -3.55. The van der Waals surface area contributed by atoms with Gasteiger partial charge in [-0.15, -0.1) is 0 Å². The molecular weight excluding hydrogens is 327 g/mol. The Bertz CT molecular complexity index is 939. The maximum absolute atomic E-state index is 13.2. The lowest BCUT2D eigenvalue weighted by Gasteiger charge is -2.04. The van der Waals surface area contributed by atoms with Crippen LogP contribution in [0.3, 0.4) is 0 Å². The summed E-state index contributed by atoms with van der Waals surface area (Å²) in [6, 6.07) is 11.8. The lowest BCUT2D eigenvalue weighted by atomic mass is 10.1. The minimum Gasteiger partial charge on any atom is -0.319 e. The minimum absolute atomic E-state index is 0.0367. The molecule has 1 amide bonds. The van der Waals surface area contributed by atoms with Crippen molar-refractivity contribution in [1.29, 1.82) is 0 Å². The summed E-state index contributed by atoms with van der Waals surface area (Å²) in [5.74, 6) is -0.938. The summed E-state index contributed by atoms with van der Waals surface area (Å²) in [5.41, 5.74) is 0.803. The van der Waals surface area contributed by atoms with Gasteiger partial charge in [-0.2, -0.15) is 5.10 Å². The van der Waals surface area contributed by atoms with Crippen LogP contribution in [0.5, 0.6) is 0 Å². The molecule has 0 spiro atoms. The highest BCUT2D eigenvalue weighted by Crippen LogP contribution is 2.19. The summed E-state index contributed by atoms with van der Waals surface area (Å²) >= 11 is 0. The first kappa shape index (κ1) is 16.3. The summed E-state index contributed by atoms with van der Waals surface area (Å²) in [4.78, 5) is 22.6. The van der Waals surface area contributed by atoms with Gasteiger partial charge in [-0.25, -0.2) is 4.39 Å². The molecule has 0 aliphatic heterocycles. The van der Waals surface area contributed by atoms with Gasteiger partial charge in [0.15, 0.2) is 0 Å². The number of nitrogens with zero attached hydrogens (tertiary/aromatic N) is 3. The second-order valence-corrected chi connectivity index (χ2v) is 5.28. The predicted octanol–water partition coefficient (Wildman–Crippen LogP) is 3.23. The van der Waals surface area contributed by atoms with Crippen LogP contribution in [0.25, 0.3) is 0 Å². The van der Waals surface area contributed by atoms with E-state index in [1.807, 2.05) is 0 Å². The molecule has 0 saturated heterocycles. The molecule has 1 heterocycles. The van der Waals surface area contributed by atoms with Crippen LogP contribution < -0.4 is 5.32 Å². The molecule has 0 saturated carbocycles. The molecule has 25 heavy (non-hydrogen) atoms. The smallest absolute Gasteiger partial charge is 0.282 e. The average Bonchev–Trinajstić information content (AvgIpc) is 3.01. The van der Waals surface area contributed by atoms with Crippen LogP contribution >= 0.6 is 0 Å². The molecule has 7 nitrogen and oxygen atoms in total. The van der Waals surface area contributed by atoms with E-state index in [2.05, 4.69) is 10.4 Å². The maximum atomic E-state index is 13.2. The van der Waals surface area contributed by atoms with E-state index in [0.717, 1.165) is 5.56 Å². The van der Waals surface area contributed by atoms with Crippen molar-refractivity contribution in [3.63, 3.8) is 0 Å². The number of rotatable bonds is 5. The second-order valence-electron chi connectivity index (χ2n) is 5.28. The lowest BCUT2D eigenvalue weighted by Crippen LogP contribution is -2.13. The Morgan fingerprint density at radius 2 is 2.04 bits per heavy atom. The number of hydrogen-bond acceptors (Lipinski definition) is 4. The highest BCUT2D eigenvalue weighted by Gasteiger charge is 2.19. The zero-order valence-electron chi connectivity index (χ0n) is 12.9. The number of nitrogens with one attached hydrogen (secondary N) is 1. The van der Waals surface area contributed by atoms with Crippen LogP contribution in [0, 0.1) is 15.9 Å². The van der Waals surface area contributed by atoms with Gasteiger partial charge in [0.25, 0.3) is 11.6 Å². The standard InChI is InChI=1S/C17H13FN4O3/c18-13-5-3-4-12(8-13)10-21-11-14(9-19-21)20-17(23)15-6-1-2-7-16(15)22(24)25/h1-9,11H,10H2,(H,20,23). The van der Waals surface area contributed by atoms with Crippen LogP contribution in [0.1, 0.15) is 15.9 Å². The van der Waals surface area contributed by atoms with E-state index in [9.17, 15) is 19.3 Å². The van der Waals surface area contributed by atoms with Gasteiger partial charge in [-0.05, 0) is 23.8 Å². The van der Waals surface area contributed by atoms with E-state index in [1.54, 1.807) is 24.4 Å². The number of carbonyl (C=O) groups is 1. The molecule has 0 fully saturated rings. The second kappa shape index (κ2) is 6.91. The van der Waals surface area contributed by atoms with E-state index < -0.39 is 10.8 Å². The van der Waals surface area contributed by atoms with Crippen LogP contribution in [0.4, 0.5) is 15.8 Å². The van der Waals surface area contributed by atoms with Gasteiger partial charge in [-0.3, -0.25) is 19.6 Å². The van der Waals surface area contributed by atoms with E-state index in [1.165, 1.54) is 41.2 Å². The summed E-state index contributed by atoms with van der Waals surface area (Å²) in [6.07, 6.45) is 2.99. The summed E-state index contributed by atoms with van der Waals surface area (Å²) in [5, 5.41) is 17.7. The number of aromatic nitrogens is 2. The van der Waals surface area contributed by atoms with Crippen molar-refractivity contribution in [3.8, 4) is 0 Å². The third-order valence-electron chi connectivity index (χ3n) is 3.47. The van der Waals surface area contributed by atoms with E-state index in [-0.39, 0.29) is 17.1 Å². The van der Waals surface area contributed by atoms with Crippen LogP contribution in [-0.2, 0) is 6.54 Å².